The van der Waals surface area contributed by atoms with Gasteiger partial charge in [0.15, 0.2) is 0 Å². The second-order valence-corrected chi connectivity index (χ2v) is 9.16. The van der Waals surface area contributed by atoms with E-state index in [9.17, 15) is 9.90 Å². The molecule has 2 aliphatic carbocycles. The summed E-state index contributed by atoms with van der Waals surface area (Å²) in [5.41, 5.74) is 0.988. The lowest BCUT2D eigenvalue weighted by molar-refractivity contribution is -0.156. The number of hydrogen-bond donors (Lipinski definition) is 1. The first-order valence-electron chi connectivity index (χ1n) is 9.79. The van der Waals surface area contributed by atoms with Crippen LogP contribution in [0.4, 0.5) is 0 Å². The van der Waals surface area contributed by atoms with Crippen LogP contribution in [0.2, 0.25) is 0 Å². The van der Waals surface area contributed by atoms with Gasteiger partial charge in [-0.05, 0) is 69.6 Å². The SMILES string of the molecule is COC(=O)[C@@]1(C)CCC=C2[C@H]1CC[C@@H](C)[C@]2(C)CC[C@@]1(C)O[C@@H]1CO. The van der Waals surface area contributed by atoms with Crippen molar-refractivity contribution in [3.8, 4) is 0 Å². The highest BCUT2D eigenvalue weighted by molar-refractivity contribution is 5.77. The molecule has 0 aromatic heterocycles. The fourth-order valence-electron chi connectivity index (χ4n) is 5.43. The molecular weight excluding hydrogens is 316 g/mol. The molecule has 142 valence electrons. The molecule has 1 saturated heterocycles. The molecule has 1 heterocycles. The number of allylic oxidation sites excluding steroid dienone is 2. The zero-order chi connectivity index (χ0) is 18.5. The van der Waals surface area contributed by atoms with Crippen molar-refractivity contribution >= 4 is 5.97 Å². The molecule has 0 bridgehead atoms. The summed E-state index contributed by atoms with van der Waals surface area (Å²) < 4.78 is 10.9. The van der Waals surface area contributed by atoms with Crippen LogP contribution in [0.15, 0.2) is 11.6 Å². The smallest absolute Gasteiger partial charge is 0.312 e. The number of rotatable bonds is 5. The monoisotopic (exact) mass is 350 g/mol. The fourth-order valence-corrected chi connectivity index (χ4v) is 5.43. The molecule has 0 radical (unpaired) electrons. The van der Waals surface area contributed by atoms with Crippen LogP contribution >= 0.6 is 0 Å². The van der Waals surface area contributed by atoms with E-state index < -0.39 is 5.41 Å². The van der Waals surface area contributed by atoms with Gasteiger partial charge in [0.1, 0.15) is 6.10 Å². The van der Waals surface area contributed by atoms with Gasteiger partial charge in [-0.2, -0.15) is 0 Å². The number of hydrogen-bond acceptors (Lipinski definition) is 4. The molecule has 3 rings (SSSR count). The van der Waals surface area contributed by atoms with E-state index in [1.807, 2.05) is 0 Å². The maximum Gasteiger partial charge on any atom is 0.312 e. The summed E-state index contributed by atoms with van der Waals surface area (Å²) >= 11 is 0. The highest BCUT2D eigenvalue weighted by Gasteiger charge is 2.56. The first-order valence-corrected chi connectivity index (χ1v) is 9.79. The van der Waals surface area contributed by atoms with E-state index in [0.29, 0.717) is 5.92 Å². The van der Waals surface area contributed by atoms with Crippen molar-refractivity contribution in [3.05, 3.63) is 11.6 Å². The number of epoxide rings is 1. The number of methoxy groups -OCH3 is 1. The van der Waals surface area contributed by atoms with Crippen LogP contribution in [0.5, 0.6) is 0 Å². The highest BCUT2D eigenvalue weighted by Crippen LogP contribution is 2.59. The van der Waals surface area contributed by atoms with Gasteiger partial charge in [0.25, 0.3) is 0 Å². The molecule has 1 saturated carbocycles. The Hall–Kier alpha value is -0.870. The summed E-state index contributed by atoms with van der Waals surface area (Å²) in [4.78, 5) is 12.5. The maximum atomic E-state index is 12.5. The third-order valence-electron chi connectivity index (χ3n) is 7.80. The summed E-state index contributed by atoms with van der Waals surface area (Å²) in [7, 11) is 1.51. The zero-order valence-electron chi connectivity index (χ0n) is 16.4. The van der Waals surface area contributed by atoms with E-state index in [1.165, 1.54) is 12.7 Å². The highest BCUT2D eigenvalue weighted by atomic mass is 16.6. The average Bonchev–Trinajstić information content (AvgIpc) is 3.27. The van der Waals surface area contributed by atoms with Gasteiger partial charge in [0.2, 0.25) is 0 Å². The summed E-state index contributed by atoms with van der Waals surface area (Å²) in [5.74, 6) is 0.819. The minimum absolute atomic E-state index is 0.00790. The molecule has 1 aliphatic heterocycles. The molecule has 0 aromatic rings. The lowest BCUT2D eigenvalue weighted by atomic mass is 9.51. The topological polar surface area (TPSA) is 59.1 Å². The second-order valence-electron chi connectivity index (χ2n) is 9.16. The molecule has 4 heteroatoms. The Balaban J connectivity index is 1.83. The van der Waals surface area contributed by atoms with Crippen LogP contribution in [-0.4, -0.2) is 36.5 Å². The predicted molar refractivity (Wildman–Crippen MR) is 97.0 cm³/mol. The van der Waals surface area contributed by atoms with Crippen molar-refractivity contribution < 1.29 is 19.4 Å². The van der Waals surface area contributed by atoms with Gasteiger partial charge in [-0.1, -0.05) is 25.5 Å². The molecule has 4 nitrogen and oxygen atoms in total. The summed E-state index contributed by atoms with van der Waals surface area (Å²) in [5, 5.41) is 9.35. The number of ether oxygens (including phenoxy) is 2. The summed E-state index contributed by atoms with van der Waals surface area (Å²) in [6.45, 7) is 9.03. The number of aliphatic hydroxyl groups excluding tert-OH is 1. The number of carbonyl (C=O) groups is 1. The van der Waals surface area contributed by atoms with Crippen LogP contribution in [-0.2, 0) is 14.3 Å². The molecule has 25 heavy (non-hydrogen) atoms. The van der Waals surface area contributed by atoms with Gasteiger partial charge >= 0.3 is 5.97 Å². The number of carbonyl (C=O) groups excluding carboxylic acids is 1. The van der Waals surface area contributed by atoms with Crippen LogP contribution in [0.1, 0.15) is 66.2 Å². The standard InChI is InChI=1S/C21H34O4/c1-14-8-9-16-15(7-6-10-20(16,3)18(23)24-5)19(14,2)11-12-21(4)17(13-22)25-21/h7,14,16-17,22H,6,8-13H2,1-5H3/t14-,16-,17-,19+,20+,21-/m1/s1. The third kappa shape index (κ3) is 2.95. The van der Waals surface area contributed by atoms with Crippen LogP contribution in [0.25, 0.3) is 0 Å². The molecule has 0 spiro atoms. The van der Waals surface area contributed by atoms with Gasteiger partial charge < -0.3 is 14.6 Å². The Morgan fingerprint density at radius 2 is 2.04 bits per heavy atom. The molecule has 6 atom stereocenters. The lowest BCUT2D eigenvalue weighted by Crippen LogP contribution is -2.48. The molecule has 0 amide bonds. The van der Waals surface area contributed by atoms with Crippen molar-refractivity contribution in [3.63, 3.8) is 0 Å². The fraction of sp³-hybridized carbons (Fsp3) is 0.857. The van der Waals surface area contributed by atoms with Crippen LogP contribution in [0, 0.1) is 22.7 Å². The van der Waals surface area contributed by atoms with Crippen molar-refractivity contribution in [1.29, 1.82) is 0 Å². The van der Waals surface area contributed by atoms with Crippen molar-refractivity contribution in [1.82, 2.24) is 0 Å². The Bertz CT molecular complexity index is 570. The maximum absolute atomic E-state index is 12.5. The van der Waals surface area contributed by atoms with Crippen LogP contribution in [0.3, 0.4) is 0 Å². The number of esters is 1. The first kappa shape index (κ1) is 18.9. The molecule has 3 aliphatic rings. The van der Waals surface area contributed by atoms with E-state index in [-0.39, 0.29) is 35.6 Å². The Labute approximate surface area is 152 Å². The van der Waals surface area contributed by atoms with E-state index >= 15 is 0 Å². The zero-order valence-corrected chi connectivity index (χ0v) is 16.4. The van der Waals surface area contributed by atoms with Gasteiger partial charge in [-0.15, -0.1) is 0 Å². The number of aliphatic hydroxyl groups is 1. The van der Waals surface area contributed by atoms with E-state index in [2.05, 4.69) is 33.8 Å². The predicted octanol–water partition coefficient (Wildman–Crippen LogP) is 3.87. The number of fused-ring (bicyclic) bond motifs is 1. The third-order valence-corrected chi connectivity index (χ3v) is 7.80. The lowest BCUT2D eigenvalue weighted by Gasteiger charge is -2.53. The Morgan fingerprint density at radius 1 is 1.32 bits per heavy atom. The van der Waals surface area contributed by atoms with E-state index in [0.717, 1.165) is 38.5 Å². The molecule has 0 aromatic carbocycles. The molecular formula is C21H34O4. The molecule has 0 unspecified atom stereocenters. The van der Waals surface area contributed by atoms with Crippen LogP contribution < -0.4 is 0 Å². The summed E-state index contributed by atoms with van der Waals surface area (Å²) in [6, 6.07) is 0. The van der Waals surface area contributed by atoms with Gasteiger partial charge in [-0.3, -0.25) is 4.79 Å². The second kappa shape index (κ2) is 6.38. The average molecular weight is 350 g/mol. The quantitative estimate of drug-likeness (QED) is 0.464. The van der Waals surface area contributed by atoms with E-state index in [1.54, 1.807) is 0 Å². The van der Waals surface area contributed by atoms with Crippen molar-refractivity contribution in [2.45, 2.75) is 77.9 Å². The molecule has 2 fully saturated rings. The normalized spacial score (nSPS) is 46.2. The first-order chi connectivity index (χ1) is 11.7. The Morgan fingerprint density at radius 3 is 2.64 bits per heavy atom. The van der Waals surface area contributed by atoms with Crippen molar-refractivity contribution in [2.24, 2.45) is 22.7 Å². The van der Waals surface area contributed by atoms with Gasteiger partial charge in [0, 0.05) is 0 Å². The molecule has 1 N–H and O–H groups in total. The van der Waals surface area contributed by atoms with Gasteiger partial charge in [-0.25, -0.2) is 0 Å². The minimum Gasteiger partial charge on any atom is -0.469 e. The van der Waals surface area contributed by atoms with Gasteiger partial charge in [0.05, 0.1) is 24.7 Å². The Kier molecular flexibility index (Phi) is 4.83. The minimum atomic E-state index is -0.395. The summed E-state index contributed by atoms with van der Waals surface area (Å²) in [6.07, 6.45) is 8.45. The largest absolute Gasteiger partial charge is 0.469 e. The van der Waals surface area contributed by atoms with E-state index in [4.69, 9.17) is 9.47 Å². The van der Waals surface area contributed by atoms with Crippen molar-refractivity contribution in [2.75, 3.05) is 13.7 Å².